The zero-order valence-electron chi connectivity index (χ0n) is 29.5. The van der Waals surface area contributed by atoms with Gasteiger partial charge >= 0.3 is 5.97 Å². The normalized spacial score (nSPS) is 13.5. The molecule has 0 saturated carbocycles. The zero-order valence-corrected chi connectivity index (χ0v) is 29.5. The fraction of sp³-hybridized carbons (Fsp3) is 0.947. The van der Waals surface area contributed by atoms with Crippen LogP contribution in [-0.4, -0.2) is 41.9 Å². The smallest absolute Gasteiger partial charge is 0.331 e. The van der Waals surface area contributed by atoms with Crippen molar-refractivity contribution in [2.75, 3.05) is 6.61 Å². The number of carbonyl (C=O) groups excluding carboxylic acids is 2. The second-order valence-electron chi connectivity index (χ2n) is 13.2. The van der Waals surface area contributed by atoms with Gasteiger partial charge in [-0.3, -0.25) is 4.79 Å². The third-order valence-electron chi connectivity index (χ3n) is 8.91. The highest BCUT2D eigenvalue weighted by atomic mass is 19.1. The van der Waals surface area contributed by atoms with E-state index < -0.39 is 24.3 Å². The van der Waals surface area contributed by atoms with Crippen LogP contribution in [0, 0.1) is 0 Å². The van der Waals surface area contributed by atoms with Crippen LogP contribution in [-0.2, 0) is 14.3 Å². The van der Waals surface area contributed by atoms with E-state index in [1.807, 2.05) is 0 Å². The number of unbranched alkanes of at least 4 members (excludes halogenated alkanes) is 25. The summed E-state index contributed by atoms with van der Waals surface area (Å²) in [7, 11) is 0. The van der Waals surface area contributed by atoms with Crippen LogP contribution < -0.4 is 5.32 Å². The summed E-state index contributed by atoms with van der Waals surface area (Å²) < 4.78 is 19.9. The SMILES string of the molecule is CCCCCCCCCCCCCCCCCC(=O)N[C@H](C(=O)OCC)[C@@H](O)[C@@H](F)CCCCCCCCCCCCCC. The topological polar surface area (TPSA) is 75.6 Å². The number of esters is 1. The molecule has 0 bridgehead atoms. The van der Waals surface area contributed by atoms with Gasteiger partial charge in [-0.05, 0) is 19.8 Å². The van der Waals surface area contributed by atoms with E-state index in [4.69, 9.17) is 4.74 Å². The predicted molar refractivity (Wildman–Crippen MR) is 185 cm³/mol. The first-order valence-corrected chi connectivity index (χ1v) is 19.3. The van der Waals surface area contributed by atoms with Crippen molar-refractivity contribution in [3.8, 4) is 0 Å². The Morgan fingerprint density at radius 2 is 0.909 bits per heavy atom. The Morgan fingerprint density at radius 1 is 0.568 bits per heavy atom. The zero-order chi connectivity index (χ0) is 32.5. The first-order valence-electron chi connectivity index (χ1n) is 19.3. The number of alkyl halides is 1. The van der Waals surface area contributed by atoms with E-state index in [0.29, 0.717) is 6.42 Å². The average molecular weight is 628 g/mol. The molecular weight excluding hydrogens is 553 g/mol. The molecule has 2 N–H and O–H groups in total. The molecule has 5 nitrogen and oxygen atoms in total. The predicted octanol–water partition coefficient (Wildman–Crippen LogP) is 11.1. The highest BCUT2D eigenvalue weighted by molar-refractivity contribution is 5.85. The molecule has 3 atom stereocenters. The molecule has 0 aromatic heterocycles. The molecular formula is C38H74FNO4. The monoisotopic (exact) mass is 628 g/mol. The van der Waals surface area contributed by atoms with E-state index in [-0.39, 0.29) is 25.4 Å². The third-order valence-corrected chi connectivity index (χ3v) is 8.91. The molecule has 0 rings (SSSR count). The van der Waals surface area contributed by atoms with Crippen molar-refractivity contribution in [1.82, 2.24) is 5.32 Å². The Kier molecular flexibility index (Phi) is 32.3. The van der Waals surface area contributed by atoms with Gasteiger partial charge in [0, 0.05) is 6.42 Å². The summed E-state index contributed by atoms with van der Waals surface area (Å²) in [6, 6.07) is -1.36. The standard InChI is InChI=1S/C38H74FNO4/c1-4-7-9-11-13-15-17-19-20-21-23-25-27-29-31-33-35(41)40-36(38(43)44-6-3)37(42)34(39)32-30-28-26-24-22-18-16-14-12-10-8-5-2/h34,36-37,42H,4-33H2,1-3H3,(H,40,41)/t34-,36-,37-/m0/s1. The van der Waals surface area contributed by atoms with Gasteiger partial charge in [0.05, 0.1) is 6.61 Å². The third kappa shape index (κ3) is 27.2. The van der Waals surface area contributed by atoms with Crippen molar-refractivity contribution >= 4 is 11.9 Å². The molecule has 0 spiro atoms. The van der Waals surface area contributed by atoms with Crippen LogP contribution in [0.4, 0.5) is 4.39 Å². The summed E-state index contributed by atoms with van der Waals surface area (Å²) in [5.41, 5.74) is 0. The van der Waals surface area contributed by atoms with Gasteiger partial charge in [0.1, 0.15) is 12.3 Å². The Morgan fingerprint density at radius 3 is 1.27 bits per heavy atom. The Bertz CT molecular complexity index is 632. The minimum Gasteiger partial charge on any atom is -0.464 e. The summed E-state index contributed by atoms with van der Waals surface area (Å²) in [4.78, 5) is 25.0. The highest BCUT2D eigenvalue weighted by Crippen LogP contribution is 2.18. The van der Waals surface area contributed by atoms with Crippen molar-refractivity contribution in [2.24, 2.45) is 0 Å². The minimum absolute atomic E-state index is 0.118. The van der Waals surface area contributed by atoms with Crippen molar-refractivity contribution in [2.45, 2.75) is 225 Å². The second kappa shape index (κ2) is 33.2. The number of hydrogen-bond acceptors (Lipinski definition) is 4. The fourth-order valence-corrected chi connectivity index (χ4v) is 5.98. The summed E-state index contributed by atoms with van der Waals surface area (Å²) in [5.74, 6) is -1.09. The Balaban J connectivity index is 4.01. The van der Waals surface area contributed by atoms with Gasteiger partial charge in [-0.1, -0.05) is 181 Å². The van der Waals surface area contributed by atoms with E-state index in [1.165, 1.54) is 128 Å². The molecule has 6 heteroatoms. The van der Waals surface area contributed by atoms with E-state index in [2.05, 4.69) is 19.2 Å². The van der Waals surface area contributed by atoms with Crippen molar-refractivity contribution < 1.29 is 23.8 Å². The number of halogens is 1. The molecule has 0 heterocycles. The van der Waals surface area contributed by atoms with Gasteiger partial charge in [0.25, 0.3) is 0 Å². The minimum atomic E-state index is -1.59. The van der Waals surface area contributed by atoms with Gasteiger partial charge in [-0.15, -0.1) is 0 Å². The molecule has 262 valence electrons. The van der Waals surface area contributed by atoms with Crippen LogP contribution >= 0.6 is 0 Å². The molecule has 0 aliphatic rings. The lowest BCUT2D eigenvalue weighted by molar-refractivity contribution is -0.152. The first kappa shape index (κ1) is 42.8. The number of aliphatic hydroxyl groups excluding tert-OH is 1. The number of carbonyl (C=O) groups is 2. The lowest BCUT2D eigenvalue weighted by Gasteiger charge is -2.25. The molecule has 0 unspecified atom stereocenters. The molecule has 0 fully saturated rings. The van der Waals surface area contributed by atoms with Gasteiger partial charge < -0.3 is 15.2 Å². The molecule has 0 aliphatic carbocycles. The maximum Gasteiger partial charge on any atom is 0.331 e. The quantitative estimate of drug-likeness (QED) is 0.0550. The number of amides is 1. The summed E-state index contributed by atoms with van der Waals surface area (Å²) in [5, 5.41) is 13.2. The van der Waals surface area contributed by atoms with Crippen LogP contribution in [0.3, 0.4) is 0 Å². The largest absolute Gasteiger partial charge is 0.464 e. The maximum atomic E-state index is 14.9. The first-order chi connectivity index (χ1) is 21.5. The molecule has 0 radical (unpaired) electrons. The number of aliphatic hydroxyl groups is 1. The highest BCUT2D eigenvalue weighted by Gasteiger charge is 2.35. The van der Waals surface area contributed by atoms with Gasteiger partial charge in [0.2, 0.25) is 5.91 Å². The lowest BCUT2D eigenvalue weighted by atomic mass is 9.99. The van der Waals surface area contributed by atoms with Crippen LogP contribution in [0.5, 0.6) is 0 Å². The van der Waals surface area contributed by atoms with Gasteiger partial charge in [-0.2, -0.15) is 0 Å². The summed E-state index contributed by atoms with van der Waals surface area (Å²) in [6.07, 6.45) is 30.4. The number of hydrogen-bond donors (Lipinski definition) is 2. The molecule has 0 saturated heterocycles. The van der Waals surface area contributed by atoms with E-state index in [0.717, 1.165) is 38.5 Å². The van der Waals surface area contributed by atoms with E-state index >= 15 is 0 Å². The second-order valence-corrected chi connectivity index (χ2v) is 13.2. The number of nitrogens with one attached hydrogen (secondary N) is 1. The van der Waals surface area contributed by atoms with Crippen LogP contribution in [0.2, 0.25) is 0 Å². The molecule has 0 aromatic rings. The van der Waals surface area contributed by atoms with Crippen LogP contribution in [0.1, 0.15) is 207 Å². The average Bonchev–Trinajstić information content (AvgIpc) is 3.01. The maximum absolute atomic E-state index is 14.9. The van der Waals surface area contributed by atoms with Gasteiger partial charge in [0.15, 0.2) is 6.04 Å². The van der Waals surface area contributed by atoms with Crippen LogP contribution in [0.25, 0.3) is 0 Å². The van der Waals surface area contributed by atoms with E-state index in [1.54, 1.807) is 6.92 Å². The van der Waals surface area contributed by atoms with E-state index in [9.17, 15) is 19.1 Å². The summed E-state index contributed by atoms with van der Waals surface area (Å²) in [6.45, 7) is 6.28. The number of ether oxygens (including phenoxy) is 1. The lowest BCUT2D eigenvalue weighted by Crippen LogP contribution is -2.52. The molecule has 44 heavy (non-hydrogen) atoms. The summed E-state index contributed by atoms with van der Waals surface area (Å²) >= 11 is 0. The molecule has 0 aromatic carbocycles. The Hall–Kier alpha value is -1.17. The number of rotatable bonds is 34. The van der Waals surface area contributed by atoms with Crippen molar-refractivity contribution in [1.29, 1.82) is 0 Å². The van der Waals surface area contributed by atoms with Crippen LogP contribution in [0.15, 0.2) is 0 Å². The fourth-order valence-electron chi connectivity index (χ4n) is 5.98. The molecule has 1 amide bonds. The Labute approximate surface area is 272 Å². The molecule has 0 aliphatic heterocycles. The van der Waals surface area contributed by atoms with Gasteiger partial charge in [-0.25, -0.2) is 9.18 Å². The van der Waals surface area contributed by atoms with Crippen molar-refractivity contribution in [3.05, 3.63) is 0 Å². The van der Waals surface area contributed by atoms with Crippen molar-refractivity contribution in [3.63, 3.8) is 0 Å².